The molecule has 3 aromatic rings. The third kappa shape index (κ3) is 3.68. The average molecular weight is 381 g/mol. The Bertz CT molecular complexity index is 1000. The van der Waals surface area contributed by atoms with Crippen LogP contribution in [0.4, 0.5) is 5.69 Å². The van der Waals surface area contributed by atoms with E-state index in [0.29, 0.717) is 28.8 Å². The van der Waals surface area contributed by atoms with Gasteiger partial charge in [0.2, 0.25) is 5.90 Å². The van der Waals surface area contributed by atoms with Crippen LogP contribution in [-0.2, 0) is 6.42 Å². The van der Waals surface area contributed by atoms with E-state index in [4.69, 9.17) is 16.3 Å². The van der Waals surface area contributed by atoms with E-state index < -0.39 is 0 Å². The van der Waals surface area contributed by atoms with Crippen molar-refractivity contribution in [3.05, 3.63) is 82.9 Å². The Labute approximate surface area is 161 Å². The number of benzene rings is 3. The van der Waals surface area contributed by atoms with Crippen LogP contribution in [0.25, 0.3) is 0 Å². The van der Waals surface area contributed by atoms with E-state index in [1.807, 2.05) is 36.4 Å². The van der Waals surface area contributed by atoms with Gasteiger partial charge in [0.25, 0.3) is 0 Å². The summed E-state index contributed by atoms with van der Waals surface area (Å²) in [7, 11) is 0. The van der Waals surface area contributed by atoms with Gasteiger partial charge in [-0.05, 0) is 47.9 Å². The number of rotatable bonds is 3. The van der Waals surface area contributed by atoms with Crippen molar-refractivity contribution in [2.45, 2.75) is 12.3 Å². The van der Waals surface area contributed by atoms with Crippen LogP contribution < -0.4 is 10.2 Å². The molecule has 1 aliphatic rings. The van der Waals surface area contributed by atoms with Crippen LogP contribution in [0.2, 0.25) is 5.02 Å². The largest absolute Gasteiger partial charge is 0.508 e. The lowest BCUT2D eigenvalue weighted by molar-refractivity contribution is 0.453. The van der Waals surface area contributed by atoms with E-state index >= 15 is 0 Å². The first kappa shape index (κ1) is 17.2. The molecule has 0 aliphatic carbocycles. The zero-order valence-electron chi connectivity index (χ0n) is 14.3. The van der Waals surface area contributed by atoms with Crippen molar-refractivity contribution < 1.29 is 14.9 Å². The number of fused-ring (bicyclic) bond motifs is 1. The van der Waals surface area contributed by atoms with Crippen LogP contribution in [0.3, 0.4) is 0 Å². The Kier molecular flexibility index (Phi) is 4.60. The number of para-hydroxylation sites is 1. The van der Waals surface area contributed by atoms with Gasteiger partial charge in [0.15, 0.2) is 0 Å². The van der Waals surface area contributed by atoms with E-state index in [-0.39, 0.29) is 17.4 Å². The van der Waals surface area contributed by atoms with Crippen LogP contribution in [0.1, 0.15) is 17.0 Å². The number of nitrogens with one attached hydrogen (secondary N) is 1. The molecule has 3 aromatic carbocycles. The first-order chi connectivity index (χ1) is 13.1. The van der Waals surface area contributed by atoms with Crippen molar-refractivity contribution in [2.75, 3.05) is 5.43 Å². The molecule has 1 atom stereocenters. The van der Waals surface area contributed by atoms with E-state index in [2.05, 4.69) is 10.5 Å². The van der Waals surface area contributed by atoms with Crippen molar-refractivity contribution in [1.82, 2.24) is 0 Å². The number of phenols is 2. The maximum Gasteiger partial charge on any atom is 0.220 e. The van der Waals surface area contributed by atoms with Gasteiger partial charge in [0, 0.05) is 6.07 Å². The van der Waals surface area contributed by atoms with Crippen molar-refractivity contribution in [2.24, 2.45) is 5.10 Å². The molecule has 0 aromatic heterocycles. The third-order valence-electron chi connectivity index (χ3n) is 4.44. The number of hydrogen-bond donors (Lipinski definition) is 3. The molecule has 0 saturated carbocycles. The molecular weight excluding hydrogens is 364 g/mol. The van der Waals surface area contributed by atoms with Gasteiger partial charge in [0.1, 0.15) is 17.2 Å². The minimum absolute atomic E-state index is 0.134. The summed E-state index contributed by atoms with van der Waals surface area (Å²) < 4.78 is 5.99. The molecular formula is C21H17ClN2O3. The molecule has 0 bridgehead atoms. The number of anilines is 1. The Hall–Kier alpha value is -3.18. The summed E-state index contributed by atoms with van der Waals surface area (Å²) in [6, 6.07) is 19.3. The topological polar surface area (TPSA) is 74.1 Å². The molecule has 27 heavy (non-hydrogen) atoms. The number of halogens is 1. The molecule has 5 nitrogen and oxygen atoms in total. The number of aromatic hydroxyl groups is 2. The van der Waals surface area contributed by atoms with Crippen LogP contribution >= 0.6 is 11.6 Å². The minimum atomic E-state index is -0.141. The normalized spacial score (nSPS) is 17.2. The number of hydrazone groups is 1. The first-order valence-corrected chi connectivity index (χ1v) is 8.85. The molecule has 0 spiro atoms. The van der Waals surface area contributed by atoms with Gasteiger partial charge in [-0.2, -0.15) is 0 Å². The Morgan fingerprint density at radius 1 is 0.963 bits per heavy atom. The molecule has 1 aliphatic heterocycles. The van der Waals surface area contributed by atoms with Gasteiger partial charge >= 0.3 is 0 Å². The molecule has 136 valence electrons. The standard InChI is InChI=1S/C21H17ClN2O3/c22-18-3-1-2-4-19(18)23-24-21-17(13-5-8-15(25)9-6-13)11-14-7-10-16(26)12-20(14)27-21/h1-10,12,17,23,25-26H,11H2. The SMILES string of the molecule is Oc1ccc(C2Cc3ccc(O)cc3OC2=NNc2ccccc2Cl)cc1. The van der Waals surface area contributed by atoms with Crippen molar-refractivity contribution in [1.29, 1.82) is 0 Å². The van der Waals surface area contributed by atoms with E-state index in [1.165, 1.54) is 0 Å². The van der Waals surface area contributed by atoms with E-state index in [1.54, 1.807) is 30.3 Å². The summed E-state index contributed by atoms with van der Waals surface area (Å²) in [5, 5.41) is 24.3. The Morgan fingerprint density at radius 3 is 2.48 bits per heavy atom. The highest BCUT2D eigenvalue weighted by atomic mass is 35.5. The Morgan fingerprint density at radius 2 is 1.70 bits per heavy atom. The highest BCUT2D eigenvalue weighted by molar-refractivity contribution is 6.33. The van der Waals surface area contributed by atoms with Crippen molar-refractivity contribution in [3.8, 4) is 17.2 Å². The lowest BCUT2D eigenvalue weighted by Crippen LogP contribution is -2.27. The van der Waals surface area contributed by atoms with Crippen molar-refractivity contribution in [3.63, 3.8) is 0 Å². The molecule has 1 unspecified atom stereocenters. The second kappa shape index (κ2) is 7.21. The lowest BCUT2D eigenvalue weighted by Gasteiger charge is -2.27. The van der Waals surface area contributed by atoms with Crippen LogP contribution in [0, 0.1) is 0 Å². The smallest absolute Gasteiger partial charge is 0.220 e. The van der Waals surface area contributed by atoms with Crippen LogP contribution in [0.5, 0.6) is 17.2 Å². The van der Waals surface area contributed by atoms with Crippen molar-refractivity contribution >= 4 is 23.2 Å². The minimum Gasteiger partial charge on any atom is -0.508 e. The number of ether oxygens (including phenoxy) is 1. The monoisotopic (exact) mass is 380 g/mol. The van der Waals surface area contributed by atoms with Gasteiger partial charge in [-0.3, -0.25) is 5.43 Å². The average Bonchev–Trinajstić information content (AvgIpc) is 2.67. The molecule has 6 heteroatoms. The zero-order chi connectivity index (χ0) is 18.8. The second-order valence-corrected chi connectivity index (χ2v) is 6.69. The number of phenolic OH excluding ortho intramolecular Hbond substituents is 2. The Balaban J connectivity index is 1.71. The number of hydrogen-bond acceptors (Lipinski definition) is 5. The lowest BCUT2D eigenvalue weighted by atomic mass is 9.89. The predicted molar refractivity (Wildman–Crippen MR) is 106 cm³/mol. The quantitative estimate of drug-likeness (QED) is 0.565. The fourth-order valence-corrected chi connectivity index (χ4v) is 3.21. The van der Waals surface area contributed by atoms with Gasteiger partial charge in [-0.25, -0.2) is 0 Å². The predicted octanol–water partition coefficient (Wildman–Crippen LogP) is 4.90. The second-order valence-electron chi connectivity index (χ2n) is 6.28. The molecule has 0 amide bonds. The fraction of sp³-hybridized carbons (Fsp3) is 0.0952. The molecule has 0 fully saturated rings. The highest BCUT2D eigenvalue weighted by Gasteiger charge is 2.28. The summed E-state index contributed by atoms with van der Waals surface area (Å²) in [5.41, 5.74) is 5.57. The molecule has 3 N–H and O–H groups in total. The summed E-state index contributed by atoms with van der Waals surface area (Å²) in [6.45, 7) is 0. The summed E-state index contributed by atoms with van der Waals surface area (Å²) in [5.74, 6) is 1.23. The van der Waals surface area contributed by atoms with Crippen LogP contribution in [-0.4, -0.2) is 16.1 Å². The third-order valence-corrected chi connectivity index (χ3v) is 4.77. The van der Waals surface area contributed by atoms with E-state index in [9.17, 15) is 10.2 Å². The van der Waals surface area contributed by atoms with Crippen LogP contribution in [0.15, 0.2) is 71.8 Å². The summed E-state index contributed by atoms with van der Waals surface area (Å²) in [6.07, 6.45) is 0.656. The summed E-state index contributed by atoms with van der Waals surface area (Å²) in [4.78, 5) is 0. The molecule has 0 radical (unpaired) electrons. The molecule has 1 heterocycles. The molecule has 4 rings (SSSR count). The number of nitrogens with zero attached hydrogens (tertiary/aromatic N) is 1. The maximum absolute atomic E-state index is 9.75. The van der Waals surface area contributed by atoms with Gasteiger partial charge in [0.05, 0.1) is 16.6 Å². The van der Waals surface area contributed by atoms with Gasteiger partial charge in [-0.15, -0.1) is 5.10 Å². The van der Waals surface area contributed by atoms with E-state index in [0.717, 1.165) is 11.1 Å². The first-order valence-electron chi connectivity index (χ1n) is 8.47. The highest BCUT2D eigenvalue weighted by Crippen LogP contribution is 2.36. The summed E-state index contributed by atoms with van der Waals surface area (Å²) >= 11 is 6.18. The zero-order valence-corrected chi connectivity index (χ0v) is 15.0. The van der Waals surface area contributed by atoms with Gasteiger partial charge < -0.3 is 14.9 Å². The van der Waals surface area contributed by atoms with Gasteiger partial charge in [-0.1, -0.05) is 41.9 Å². The molecule has 0 saturated heterocycles. The maximum atomic E-state index is 9.75. The fourth-order valence-electron chi connectivity index (χ4n) is 3.03.